The monoisotopic (exact) mass is 260 g/mol. The smallest absolute Gasteiger partial charge is 0.167 e. The highest BCUT2D eigenvalue weighted by atomic mass is 16.5. The standard InChI is InChI=1S/C12H16N6O/c13-5-1-2-8-3-4-9(19-8)18-7-17-10-11(14)15-6-16-12(10)18/h1-2,6-9H,3-5,13H2,(H2,14,15,16)/b2-1+. The fourth-order valence-electron chi connectivity index (χ4n) is 2.30. The van der Waals surface area contributed by atoms with Crippen LogP contribution in [-0.2, 0) is 4.74 Å². The zero-order chi connectivity index (χ0) is 13.2. The van der Waals surface area contributed by atoms with Crippen molar-refractivity contribution in [2.45, 2.75) is 25.2 Å². The summed E-state index contributed by atoms with van der Waals surface area (Å²) in [4.78, 5) is 12.4. The van der Waals surface area contributed by atoms with E-state index in [1.807, 2.05) is 16.7 Å². The maximum atomic E-state index is 5.94. The molecule has 0 radical (unpaired) electrons. The van der Waals surface area contributed by atoms with Crippen LogP contribution in [0, 0.1) is 0 Å². The largest absolute Gasteiger partial charge is 0.382 e. The summed E-state index contributed by atoms with van der Waals surface area (Å²) in [5.41, 5.74) is 12.5. The van der Waals surface area contributed by atoms with Crippen molar-refractivity contribution in [2.75, 3.05) is 12.3 Å². The van der Waals surface area contributed by atoms with E-state index in [9.17, 15) is 0 Å². The fraction of sp³-hybridized carbons (Fsp3) is 0.417. The van der Waals surface area contributed by atoms with Crippen LogP contribution in [0.25, 0.3) is 11.2 Å². The van der Waals surface area contributed by atoms with E-state index in [1.54, 1.807) is 6.33 Å². The number of nitrogens with two attached hydrogens (primary N) is 2. The third kappa shape index (κ3) is 2.18. The highest BCUT2D eigenvalue weighted by molar-refractivity contribution is 5.81. The first-order valence-electron chi connectivity index (χ1n) is 6.25. The molecule has 3 heterocycles. The van der Waals surface area contributed by atoms with Crippen LogP contribution in [0.2, 0.25) is 0 Å². The molecule has 7 nitrogen and oxygen atoms in total. The van der Waals surface area contributed by atoms with Crippen molar-refractivity contribution in [3.63, 3.8) is 0 Å². The number of imidazole rings is 1. The Hall–Kier alpha value is -1.99. The van der Waals surface area contributed by atoms with E-state index in [0.29, 0.717) is 23.5 Å². The number of fused-ring (bicyclic) bond motifs is 1. The molecule has 1 aliphatic heterocycles. The Kier molecular flexibility index (Phi) is 3.14. The Labute approximate surface area is 110 Å². The molecule has 1 saturated heterocycles. The van der Waals surface area contributed by atoms with E-state index in [-0.39, 0.29) is 12.3 Å². The van der Waals surface area contributed by atoms with E-state index in [0.717, 1.165) is 12.8 Å². The first-order chi connectivity index (χ1) is 9.29. The highest BCUT2D eigenvalue weighted by Gasteiger charge is 2.26. The molecule has 0 aromatic carbocycles. The molecule has 7 heteroatoms. The zero-order valence-electron chi connectivity index (χ0n) is 10.4. The minimum atomic E-state index is -0.0632. The van der Waals surface area contributed by atoms with Gasteiger partial charge in [0.2, 0.25) is 0 Å². The van der Waals surface area contributed by atoms with E-state index in [4.69, 9.17) is 16.2 Å². The molecule has 1 fully saturated rings. The molecule has 0 spiro atoms. The molecule has 2 aromatic rings. The van der Waals surface area contributed by atoms with Gasteiger partial charge < -0.3 is 16.2 Å². The number of hydrogen-bond acceptors (Lipinski definition) is 6. The molecule has 0 aliphatic carbocycles. The lowest BCUT2D eigenvalue weighted by Gasteiger charge is -2.13. The van der Waals surface area contributed by atoms with Crippen molar-refractivity contribution in [2.24, 2.45) is 5.73 Å². The van der Waals surface area contributed by atoms with Crippen molar-refractivity contribution in [3.8, 4) is 0 Å². The van der Waals surface area contributed by atoms with Crippen LogP contribution in [0.3, 0.4) is 0 Å². The summed E-state index contributed by atoms with van der Waals surface area (Å²) in [6.45, 7) is 0.530. The van der Waals surface area contributed by atoms with E-state index >= 15 is 0 Å². The maximum Gasteiger partial charge on any atom is 0.167 e. The molecule has 3 rings (SSSR count). The minimum absolute atomic E-state index is 0.0632. The summed E-state index contributed by atoms with van der Waals surface area (Å²) in [6.07, 6.45) is 8.97. The maximum absolute atomic E-state index is 5.94. The second-order valence-corrected chi connectivity index (χ2v) is 4.45. The number of anilines is 1. The van der Waals surface area contributed by atoms with Gasteiger partial charge >= 0.3 is 0 Å². The van der Waals surface area contributed by atoms with Crippen LogP contribution in [0.4, 0.5) is 5.82 Å². The minimum Gasteiger partial charge on any atom is -0.382 e. The number of nitrogen functional groups attached to an aromatic ring is 1. The van der Waals surface area contributed by atoms with Gasteiger partial charge in [0.1, 0.15) is 18.1 Å². The number of nitrogens with zero attached hydrogens (tertiary/aromatic N) is 4. The zero-order valence-corrected chi connectivity index (χ0v) is 10.4. The molecule has 0 bridgehead atoms. The second kappa shape index (κ2) is 4.94. The van der Waals surface area contributed by atoms with Crippen LogP contribution in [0.15, 0.2) is 24.8 Å². The van der Waals surface area contributed by atoms with Gasteiger partial charge in [-0.2, -0.15) is 0 Å². The van der Waals surface area contributed by atoms with Crippen LogP contribution in [0.5, 0.6) is 0 Å². The van der Waals surface area contributed by atoms with Crippen LogP contribution < -0.4 is 11.5 Å². The quantitative estimate of drug-likeness (QED) is 0.783. The van der Waals surface area contributed by atoms with Gasteiger partial charge in [0.05, 0.1) is 12.4 Å². The first-order valence-corrected chi connectivity index (χ1v) is 6.25. The second-order valence-electron chi connectivity index (χ2n) is 4.45. The molecule has 1 aliphatic rings. The van der Waals surface area contributed by atoms with Crippen molar-refractivity contribution >= 4 is 17.0 Å². The molecule has 2 unspecified atom stereocenters. The molecular formula is C12H16N6O. The normalized spacial score (nSPS) is 23.6. The molecule has 4 N–H and O–H groups in total. The van der Waals surface area contributed by atoms with Crippen LogP contribution in [0.1, 0.15) is 19.1 Å². The number of rotatable bonds is 3. The van der Waals surface area contributed by atoms with E-state index in [1.165, 1.54) is 6.33 Å². The fourth-order valence-corrected chi connectivity index (χ4v) is 2.30. The highest BCUT2D eigenvalue weighted by Crippen LogP contribution is 2.31. The Balaban J connectivity index is 1.86. The predicted molar refractivity (Wildman–Crippen MR) is 71.1 cm³/mol. The molecule has 2 aromatic heterocycles. The molecule has 2 atom stereocenters. The van der Waals surface area contributed by atoms with Crippen molar-refractivity contribution in [3.05, 3.63) is 24.8 Å². The predicted octanol–water partition coefficient (Wildman–Crippen LogP) is 0.601. The Morgan fingerprint density at radius 1 is 1.37 bits per heavy atom. The third-order valence-corrected chi connectivity index (χ3v) is 3.21. The van der Waals surface area contributed by atoms with Crippen LogP contribution >= 0.6 is 0 Å². The topological polar surface area (TPSA) is 105 Å². The van der Waals surface area contributed by atoms with Gasteiger partial charge in [-0.3, -0.25) is 4.57 Å². The first kappa shape index (κ1) is 12.1. The summed E-state index contributed by atoms with van der Waals surface area (Å²) < 4.78 is 7.84. The van der Waals surface area contributed by atoms with Gasteiger partial charge in [0.15, 0.2) is 11.5 Å². The van der Waals surface area contributed by atoms with E-state index in [2.05, 4.69) is 15.0 Å². The lowest BCUT2D eigenvalue weighted by atomic mass is 10.2. The Bertz CT molecular complexity index is 607. The van der Waals surface area contributed by atoms with Crippen molar-refractivity contribution in [1.82, 2.24) is 19.5 Å². The molecule has 100 valence electrons. The Morgan fingerprint density at radius 2 is 2.26 bits per heavy atom. The summed E-state index contributed by atoms with van der Waals surface area (Å²) in [5.74, 6) is 0.390. The average molecular weight is 260 g/mol. The lowest BCUT2D eigenvalue weighted by molar-refractivity contribution is 0.0258. The van der Waals surface area contributed by atoms with Gasteiger partial charge in [-0.15, -0.1) is 0 Å². The SMILES string of the molecule is NC/C=C/C1CCC(n2cnc3c(N)ncnc32)O1. The van der Waals surface area contributed by atoms with Gasteiger partial charge in [0, 0.05) is 6.54 Å². The van der Waals surface area contributed by atoms with Crippen molar-refractivity contribution in [1.29, 1.82) is 0 Å². The summed E-state index contributed by atoms with van der Waals surface area (Å²) in [7, 11) is 0. The summed E-state index contributed by atoms with van der Waals surface area (Å²) in [5, 5.41) is 0. The number of ether oxygens (including phenoxy) is 1. The van der Waals surface area contributed by atoms with Gasteiger partial charge in [-0.05, 0) is 12.8 Å². The Morgan fingerprint density at radius 3 is 3.11 bits per heavy atom. The molecule has 19 heavy (non-hydrogen) atoms. The molecule has 0 saturated carbocycles. The van der Waals surface area contributed by atoms with Gasteiger partial charge in [-0.25, -0.2) is 15.0 Å². The van der Waals surface area contributed by atoms with Gasteiger partial charge in [-0.1, -0.05) is 12.2 Å². The molecule has 0 amide bonds. The van der Waals surface area contributed by atoms with E-state index < -0.39 is 0 Å². The number of hydrogen-bond donors (Lipinski definition) is 2. The lowest BCUT2D eigenvalue weighted by Crippen LogP contribution is -2.10. The summed E-state index contributed by atoms with van der Waals surface area (Å²) in [6, 6.07) is 0. The van der Waals surface area contributed by atoms with Gasteiger partial charge in [0.25, 0.3) is 0 Å². The average Bonchev–Trinajstić information content (AvgIpc) is 3.02. The van der Waals surface area contributed by atoms with Crippen LogP contribution in [-0.4, -0.2) is 32.2 Å². The number of aromatic nitrogens is 4. The van der Waals surface area contributed by atoms with Crippen molar-refractivity contribution < 1.29 is 4.74 Å². The third-order valence-electron chi connectivity index (χ3n) is 3.21. The summed E-state index contributed by atoms with van der Waals surface area (Å²) >= 11 is 0. The molecular weight excluding hydrogens is 244 g/mol.